The smallest absolute Gasteiger partial charge is 0.218 e. The van der Waals surface area contributed by atoms with Crippen molar-refractivity contribution in [1.29, 1.82) is 0 Å². The van der Waals surface area contributed by atoms with Crippen LogP contribution in [-0.2, 0) is 16.4 Å². The molecule has 0 aromatic carbocycles. The van der Waals surface area contributed by atoms with E-state index in [1.807, 2.05) is 0 Å². The highest BCUT2D eigenvalue weighted by molar-refractivity contribution is 9.10. The van der Waals surface area contributed by atoms with Gasteiger partial charge in [-0.15, -0.1) is 0 Å². The minimum atomic E-state index is -3.01. The molecular formula is C8H11BrN2O3S. The molecule has 0 aliphatic carbocycles. The highest BCUT2D eigenvalue weighted by Gasteiger charge is 2.05. The second-order valence-electron chi connectivity index (χ2n) is 3.26. The van der Waals surface area contributed by atoms with E-state index in [-0.39, 0.29) is 23.4 Å². The van der Waals surface area contributed by atoms with Crippen LogP contribution in [0.1, 0.15) is 0 Å². The van der Waals surface area contributed by atoms with E-state index < -0.39 is 9.84 Å². The van der Waals surface area contributed by atoms with Gasteiger partial charge in [0, 0.05) is 25.2 Å². The maximum atomic E-state index is 11.2. The lowest BCUT2D eigenvalue weighted by atomic mass is 10.4. The average Bonchev–Trinajstić information content (AvgIpc) is 2.09. The molecule has 0 bridgehead atoms. The third-order valence-corrected chi connectivity index (χ3v) is 3.27. The predicted octanol–water partition coefficient (Wildman–Crippen LogP) is 0.238. The Hall–Kier alpha value is -0.820. The summed E-state index contributed by atoms with van der Waals surface area (Å²) in [6, 6.07) is 0. The van der Waals surface area contributed by atoms with Crippen LogP contribution in [0.4, 0.5) is 5.69 Å². The Morgan fingerprint density at radius 1 is 1.47 bits per heavy atom. The third-order valence-electron chi connectivity index (χ3n) is 1.78. The van der Waals surface area contributed by atoms with Gasteiger partial charge in [-0.2, -0.15) is 0 Å². The molecule has 5 nitrogen and oxygen atoms in total. The Bertz CT molecular complexity index is 495. The number of hydrogen-bond donors (Lipinski definition) is 1. The molecule has 84 valence electrons. The summed E-state index contributed by atoms with van der Waals surface area (Å²) in [6.07, 6.45) is 4.11. The van der Waals surface area contributed by atoms with Crippen molar-refractivity contribution >= 4 is 31.5 Å². The van der Waals surface area contributed by atoms with E-state index in [9.17, 15) is 13.2 Å². The van der Waals surface area contributed by atoms with E-state index in [0.29, 0.717) is 4.47 Å². The molecule has 1 aromatic heterocycles. The van der Waals surface area contributed by atoms with Gasteiger partial charge >= 0.3 is 0 Å². The summed E-state index contributed by atoms with van der Waals surface area (Å²) in [4.78, 5) is 11.2. The summed E-state index contributed by atoms with van der Waals surface area (Å²) in [6.45, 7) is 0.280. The molecule has 1 rings (SSSR count). The number of rotatable bonds is 3. The van der Waals surface area contributed by atoms with Crippen molar-refractivity contribution in [2.75, 3.05) is 17.7 Å². The van der Waals surface area contributed by atoms with Crippen LogP contribution in [0.2, 0.25) is 0 Å². The summed E-state index contributed by atoms with van der Waals surface area (Å²) >= 11 is 3.05. The van der Waals surface area contributed by atoms with Gasteiger partial charge < -0.3 is 10.3 Å². The monoisotopic (exact) mass is 294 g/mol. The lowest BCUT2D eigenvalue weighted by molar-refractivity contribution is 0.594. The molecule has 1 aromatic rings. The van der Waals surface area contributed by atoms with Crippen LogP contribution < -0.4 is 11.2 Å². The number of halogens is 1. The summed E-state index contributed by atoms with van der Waals surface area (Å²) in [5.74, 6) is 0.0156. The first kappa shape index (κ1) is 12.3. The zero-order valence-electron chi connectivity index (χ0n) is 8.10. The largest absolute Gasteiger partial charge is 0.394 e. The maximum absolute atomic E-state index is 11.2. The van der Waals surface area contributed by atoms with Crippen molar-refractivity contribution in [2.45, 2.75) is 6.54 Å². The minimum Gasteiger partial charge on any atom is -0.394 e. The standard InChI is InChI=1S/C8H11BrN2O3S/c1-15(13,14)3-2-11-4-6(9)8(12)7(10)5-11/h4-5H,2-3,10H2,1H3. The summed E-state index contributed by atoms with van der Waals surface area (Å²) in [5, 5.41) is 0. The molecule has 15 heavy (non-hydrogen) atoms. The van der Waals surface area contributed by atoms with Gasteiger partial charge in [0.15, 0.2) is 0 Å². The van der Waals surface area contributed by atoms with Crippen LogP contribution >= 0.6 is 15.9 Å². The number of nitrogen functional groups attached to an aromatic ring is 1. The van der Waals surface area contributed by atoms with E-state index in [1.54, 1.807) is 4.57 Å². The summed E-state index contributed by atoms with van der Waals surface area (Å²) in [5.41, 5.74) is 5.26. The highest BCUT2D eigenvalue weighted by Crippen LogP contribution is 2.06. The van der Waals surface area contributed by atoms with Crippen LogP contribution in [0, 0.1) is 0 Å². The molecule has 0 aliphatic heterocycles. The molecule has 0 spiro atoms. The number of hydrogen-bond acceptors (Lipinski definition) is 4. The third kappa shape index (κ3) is 3.67. The average molecular weight is 295 g/mol. The Morgan fingerprint density at radius 3 is 2.53 bits per heavy atom. The number of nitrogens with zero attached hydrogens (tertiary/aromatic N) is 1. The van der Waals surface area contributed by atoms with Crippen molar-refractivity contribution in [2.24, 2.45) is 0 Å². The molecule has 0 amide bonds. The number of pyridine rings is 1. The Labute approximate surface area is 96.0 Å². The normalized spacial score (nSPS) is 11.6. The first-order valence-electron chi connectivity index (χ1n) is 4.12. The van der Waals surface area contributed by atoms with Gasteiger partial charge in [-0.1, -0.05) is 0 Å². The summed E-state index contributed by atoms with van der Waals surface area (Å²) in [7, 11) is -3.01. The molecule has 0 saturated carbocycles. The van der Waals surface area contributed by atoms with Crippen LogP contribution in [0.5, 0.6) is 0 Å². The lowest BCUT2D eigenvalue weighted by Gasteiger charge is -2.06. The molecule has 0 fully saturated rings. The molecule has 0 atom stereocenters. The second kappa shape index (κ2) is 4.36. The van der Waals surface area contributed by atoms with Gasteiger partial charge in [0.2, 0.25) is 5.43 Å². The van der Waals surface area contributed by atoms with E-state index in [1.165, 1.54) is 12.4 Å². The number of sulfone groups is 1. The van der Waals surface area contributed by atoms with E-state index in [4.69, 9.17) is 5.73 Å². The topological polar surface area (TPSA) is 82.2 Å². The number of anilines is 1. The molecule has 0 unspecified atom stereocenters. The minimum absolute atomic E-state index is 0.0156. The van der Waals surface area contributed by atoms with Gasteiger partial charge in [-0.05, 0) is 15.9 Å². The van der Waals surface area contributed by atoms with Gasteiger partial charge in [0.05, 0.1) is 15.9 Å². The molecule has 1 heterocycles. The molecule has 7 heteroatoms. The zero-order valence-corrected chi connectivity index (χ0v) is 10.5. The molecule has 0 saturated heterocycles. The first-order chi connectivity index (χ1) is 6.79. The van der Waals surface area contributed by atoms with Crippen LogP contribution in [0.3, 0.4) is 0 Å². The van der Waals surface area contributed by atoms with Gasteiger partial charge in [-0.25, -0.2) is 8.42 Å². The maximum Gasteiger partial charge on any atom is 0.218 e. The Morgan fingerprint density at radius 2 is 2.07 bits per heavy atom. The highest BCUT2D eigenvalue weighted by atomic mass is 79.9. The fourth-order valence-electron chi connectivity index (χ4n) is 1.02. The zero-order chi connectivity index (χ0) is 11.6. The van der Waals surface area contributed by atoms with Gasteiger partial charge in [-0.3, -0.25) is 4.79 Å². The number of nitrogens with two attached hydrogens (primary N) is 1. The van der Waals surface area contributed by atoms with E-state index in [0.717, 1.165) is 6.26 Å². The predicted molar refractivity (Wildman–Crippen MR) is 62.5 cm³/mol. The van der Waals surface area contributed by atoms with Crippen molar-refractivity contribution in [3.63, 3.8) is 0 Å². The number of aromatic nitrogens is 1. The quantitative estimate of drug-likeness (QED) is 0.866. The van der Waals surface area contributed by atoms with Crippen molar-refractivity contribution in [3.05, 3.63) is 27.1 Å². The Kier molecular flexibility index (Phi) is 3.56. The van der Waals surface area contributed by atoms with Crippen molar-refractivity contribution < 1.29 is 8.42 Å². The van der Waals surface area contributed by atoms with Gasteiger partial charge in [0.1, 0.15) is 9.84 Å². The molecule has 0 radical (unpaired) electrons. The molecular weight excluding hydrogens is 284 g/mol. The van der Waals surface area contributed by atoms with E-state index >= 15 is 0 Å². The van der Waals surface area contributed by atoms with Crippen molar-refractivity contribution in [3.8, 4) is 0 Å². The van der Waals surface area contributed by atoms with Crippen LogP contribution in [0.15, 0.2) is 21.7 Å². The molecule has 0 aliphatic rings. The fraction of sp³-hybridized carbons (Fsp3) is 0.375. The molecule has 2 N–H and O–H groups in total. The first-order valence-corrected chi connectivity index (χ1v) is 6.98. The SMILES string of the molecule is CS(=O)(=O)CCn1cc(N)c(=O)c(Br)c1. The lowest BCUT2D eigenvalue weighted by Crippen LogP contribution is -2.16. The Balaban J connectivity index is 2.94. The van der Waals surface area contributed by atoms with E-state index in [2.05, 4.69) is 15.9 Å². The van der Waals surface area contributed by atoms with Crippen LogP contribution in [0.25, 0.3) is 0 Å². The summed E-state index contributed by atoms with van der Waals surface area (Å²) < 4.78 is 23.7. The van der Waals surface area contributed by atoms with Crippen molar-refractivity contribution in [1.82, 2.24) is 4.57 Å². The van der Waals surface area contributed by atoms with Gasteiger partial charge in [0.25, 0.3) is 0 Å². The number of aryl methyl sites for hydroxylation is 1. The second-order valence-corrected chi connectivity index (χ2v) is 6.37. The fourth-order valence-corrected chi connectivity index (χ4v) is 2.05. The van der Waals surface area contributed by atoms with Crippen LogP contribution in [-0.4, -0.2) is 25.0 Å².